The predicted molar refractivity (Wildman–Crippen MR) is 72.4 cm³/mol. The highest BCUT2D eigenvalue weighted by Gasteiger charge is 2.20. The van der Waals surface area contributed by atoms with Gasteiger partial charge in [-0.1, -0.05) is 0 Å². The van der Waals surface area contributed by atoms with Crippen molar-refractivity contribution in [2.45, 2.75) is 13.5 Å². The van der Waals surface area contributed by atoms with Crippen LogP contribution in [0.15, 0.2) is 6.07 Å². The summed E-state index contributed by atoms with van der Waals surface area (Å²) in [6.07, 6.45) is 0. The molecule has 1 aromatic rings. The molecule has 1 heterocycles. The van der Waals surface area contributed by atoms with Gasteiger partial charge in [0.15, 0.2) is 17.3 Å². The number of methoxy groups -OCH3 is 2. The summed E-state index contributed by atoms with van der Waals surface area (Å²) < 4.78 is 24.8. The summed E-state index contributed by atoms with van der Waals surface area (Å²) in [6, 6.07) is 1.85. The van der Waals surface area contributed by atoms with Crippen LogP contribution in [0.5, 0.6) is 11.5 Å². The fraction of sp³-hybridized carbons (Fsp3) is 0.571. The van der Waals surface area contributed by atoms with Crippen LogP contribution in [0.1, 0.15) is 11.1 Å². The molecule has 0 spiro atoms. The lowest BCUT2D eigenvalue weighted by Gasteiger charge is -2.27. The van der Waals surface area contributed by atoms with E-state index in [1.807, 2.05) is 13.0 Å². The van der Waals surface area contributed by atoms with Crippen molar-refractivity contribution in [2.24, 2.45) is 0 Å². The molecular weight excluding hydrogens is 247 g/mol. The average Bonchev–Trinajstić information content (AvgIpc) is 2.43. The molecule has 0 saturated carbocycles. The number of rotatable bonds is 4. The summed E-state index contributed by atoms with van der Waals surface area (Å²) in [4.78, 5) is 2.24. The number of nitrogens with one attached hydrogen (secondary N) is 1. The molecule has 1 aliphatic heterocycles. The maximum absolute atomic E-state index is 14.4. The van der Waals surface area contributed by atoms with Crippen LogP contribution in [0, 0.1) is 12.7 Å². The van der Waals surface area contributed by atoms with Crippen LogP contribution in [-0.2, 0) is 6.54 Å². The van der Waals surface area contributed by atoms with E-state index < -0.39 is 0 Å². The van der Waals surface area contributed by atoms with E-state index in [1.54, 1.807) is 0 Å². The summed E-state index contributed by atoms with van der Waals surface area (Å²) in [7, 11) is 3.00. The maximum Gasteiger partial charge on any atom is 0.197 e. The Morgan fingerprint density at radius 1 is 1.21 bits per heavy atom. The molecule has 1 saturated heterocycles. The van der Waals surface area contributed by atoms with Gasteiger partial charge in [0.25, 0.3) is 0 Å². The number of ether oxygens (including phenoxy) is 2. The first-order chi connectivity index (χ1) is 9.17. The minimum Gasteiger partial charge on any atom is -0.492 e. The van der Waals surface area contributed by atoms with Gasteiger partial charge in [0, 0.05) is 38.3 Å². The first-order valence-electron chi connectivity index (χ1n) is 6.50. The van der Waals surface area contributed by atoms with Crippen molar-refractivity contribution in [2.75, 3.05) is 40.4 Å². The van der Waals surface area contributed by atoms with Gasteiger partial charge in [-0.15, -0.1) is 0 Å². The first kappa shape index (κ1) is 14.1. The standard InChI is InChI=1S/C14H21FN2O2/c1-10-8-11(9-17-6-4-16-5-7-17)12(15)14(19-3)13(10)18-2/h8,16H,4-7,9H2,1-3H3. The molecule has 0 aliphatic carbocycles. The maximum atomic E-state index is 14.4. The molecule has 19 heavy (non-hydrogen) atoms. The molecule has 0 amide bonds. The summed E-state index contributed by atoms with van der Waals surface area (Å²) in [5, 5.41) is 3.29. The summed E-state index contributed by atoms with van der Waals surface area (Å²) in [5.41, 5.74) is 1.56. The van der Waals surface area contributed by atoms with Gasteiger partial charge in [-0.3, -0.25) is 4.90 Å². The Morgan fingerprint density at radius 2 is 1.84 bits per heavy atom. The topological polar surface area (TPSA) is 33.7 Å². The molecular formula is C14H21FN2O2. The third kappa shape index (κ3) is 2.98. The lowest BCUT2D eigenvalue weighted by molar-refractivity contribution is 0.229. The van der Waals surface area contributed by atoms with E-state index in [-0.39, 0.29) is 11.6 Å². The monoisotopic (exact) mass is 268 g/mol. The number of halogens is 1. The van der Waals surface area contributed by atoms with Crippen LogP contribution >= 0.6 is 0 Å². The van der Waals surface area contributed by atoms with Gasteiger partial charge in [-0.2, -0.15) is 0 Å². The Morgan fingerprint density at radius 3 is 2.42 bits per heavy atom. The van der Waals surface area contributed by atoms with Gasteiger partial charge >= 0.3 is 0 Å². The van der Waals surface area contributed by atoms with Crippen LogP contribution < -0.4 is 14.8 Å². The lowest BCUT2D eigenvalue weighted by Crippen LogP contribution is -2.43. The van der Waals surface area contributed by atoms with Crippen LogP contribution in [0.2, 0.25) is 0 Å². The van der Waals surface area contributed by atoms with Crippen LogP contribution in [0.25, 0.3) is 0 Å². The Kier molecular flexibility index (Phi) is 4.61. The van der Waals surface area contributed by atoms with Crippen LogP contribution in [0.4, 0.5) is 4.39 Å². The normalized spacial score (nSPS) is 16.4. The number of benzene rings is 1. The molecule has 4 nitrogen and oxygen atoms in total. The largest absolute Gasteiger partial charge is 0.492 e. The highest BCUT2D eigenvalue weighted by molar-refractivity contribution is 5.50. The molecule has 0 aromatic heterocycles. The highest BCUT2D eigenvalue weighted by atomic mass is 19.1. The van der Waals surface area contributed by atoms with E-state index >= 15 is 0 Å². The van der Waals surface area contributed by atoms with Gasteiger partial charge in [0.1, 0.15) is 0 Å². The molecule has 1 aliphatic rings. The molecule has 2 rings (SSSR count). The molecule has 1 aromatic carbocycles. The third-order valence-corrected chi connectivity index (χ3v) is 3.45. The number of hydrogen-bond acceptors (Lipinski definition) is 4. The minimum absolute atomic E-state index is 0.202. The Labute approximate surface area is 113 Å². The molecule has 0 atom stereocenters. The molecule has 0 bridgehead atoms. The quantitative estimate of drug-likeness (QED) is 0.898. The smallest absolute Gasteiger partial charge is 0.197 e. The van der Waals surface area contributed by atoms with Crippen molar-refractivity contribution in [1.82, 2.24) is 10.2 Å². The number of piperazine rings is 1. The average molecular weight is 268 g/mol. The number of hydrogen-bond donors (Lipinski definition) is 1. The molecule has 0 radical (unpaired) electrons. The first-order valence-corrected chi connectivity index (χ1v) is 6.50. The Bertz CT molecular complexity index is 446. The molecule has 1 N–H and O–H groups in total. The van der Waals surface area contributed by atoms with E-state index in [0.29, 0.717) is 17.9 Å². The summed E-state index contributed by atoms with van der Waals surface area (Å²) in [6.45, 7) is 6.29. The third-order valence-electron chi connectivity index (χ3n) is 3.45. The second-order valence-corrected chi connectivity index (χ2v) is 4.76. The fourth-order valence-electron chi connectivity index (χ4n) is 2.48. The van der Waals surface area contributed by atoms with Crippen molar-refractivity contribution in [3.63, 3.8) is 0 Å². The summed E-state index contributed by atoms with van der Waals surface area (Å²) >= 11 is 0. The van der Waals surface area contributed by atoms with Gasteiger partial charge in [0.2, 0.25) is 0 Å². The SMILES string of the molecule is COc1c(C)cc(CN2CCNCC2)c(F)c1OC. The fourth-order valence-corrected chi connectivity index (χ4v) is 2.48. The van der Waals surface area contributed by atoms with Crippen LogP contribution in [0.3, 0.4) is 0 Å². The van der Waals surface area contributed by atoms with E-state index in [9.17, 15) is 4.39 Å². The van der Waals surface area contributed by atoms with Crippen molar-refractivity contribution < 1.29 is 13.9 Å². The van der Waals surface area contributed by atoms with E-state index in [2.05, 4.69) is 10.2 Å². The zero-order valence-electron chi connectivity index (χ0n) is 11.8. The van der Waals surface area contributed by atoms with E-state index in [4.69, 9.17) is 9.47 Å². The van der Waals surface area contributed by atoms with E-state index in [0.717, 1.165) is 31.7 Å². The highest BCUT2D eigenvalue weighted by Crippen LogP contribution is 2.36. The minimum atomic E-state index is -0.316. The van der Waals surface area contributed by atoms with Gasteiger partial charge in [-0.25, -0.2) is 4.39 Å². The van der Waals surface area contributed by atoms with Crippen LogP contribution in [-0.4, -0.2) is 45.3 Å². The number of aryl methyl sites for hydroxylation is 1. The van der Waals surface area contributed by atoms with Crippen molar-refractivity contribution in [3.05, 3.63) is 23.0 Å². The summed E-state index contributed by atoms with van der Waals surface area (Å²) in [5.74, 6) is 0.361. The zero-order chi connectivity index (χ0) is 13.8. The van der Waals surface area contributed by atoms with Crippen molar-refractivity contribution in [3.8, 4) is 11.5 Å². The van der Waals surface area contributed by atoms with Crippen molar-refractivity contribution in [1.29, 1.82) is 0 Å². The van der Waals surface area contributed by atoms with E-state index in [1.165, 1.54) is 14.2 Å². The predicted octanol–water partition coefficient (Wildman–Crippen LogP) is 1.56. The number of nitrogens with zero attached hydrogens (tertiary/aromatic N) is 1. The second kappa shape index (κ2) is 6.21. The van der Waals surface area contributed by atoms with Gasteiger partial charge < -0.3 is 14.8 Å². The van der Waals surface area contributed by atoms with Crippen molar-refractivity contribution >= 4 is 0 Å². The second-order valence-electron chi connectivity index (χ2n) is 4.76. The molecule has 5 heteroatoms. The Balaban J connectivity index is 2.27. The molecule has 106 valence electrons. The molecule has 1 fully saturated rings. The van der Waals surface area contributed by atoms with Gasteiger partial charge in [-0.05, 0) is 18.6 Å². The van der Waals surface area contributed by atoms with Gasteiger partial charge in [0.05, 0.1) is 14.2 Å². The molecule has 0 unspecified atom stereocenters. The zero-order valence-corrected chi connectivity index (χ0v) is 11.8. The lowest BCUT2D eigenvalue weighted by atomic mass is 10.1. The Hall–Kier alpha value is -1.33.